The maximum absolute atomic E-state index is 5.90. The van der Waals surface area contributed by atoms with Gasteiger partial charge in [0.1, 0.15) is 0 Å². The Morgan fingerprint density at radius 2 is 2.06 bits per heavy atom. The minimum Gasteiger partial charge on any atom is -0.374 e. The van der Waals surface area contributed by atoms with Gasteiger partial charge >= 0.3 is 0 Å². The van der Waals surface area contributed by atoms with E-state index in [-0.39, 0.29) is 0 Å². The van der Waals surface area contributed by atoms with Gasteiger partial charge in [0.15, 0.2) is 0 Å². The summed E-state index contributed by atoms with van der Waals surface area (Å²) in [6.07, 6.45) is 1.68. The lowest BCUT2D eigenvalue weighted by Gasteiger charge is -2.40. The molecule has 1 N–H and O–H groups in total. The van der Waals surface area contributed by atoms with E-state index >= 15 is 0 Å². The summed E-state index contributed by atoms with van der Waals surface area (Å²) in [7, 11) is 2.08. The fourth-order valence-corrected chi connectivity index (χ4v) is 3.29. The second-order valence-corrected chi connectivity index (χ2v) is 5.81. The van der Waals surface area contributed by atoms with Gasteiger partial charge in [-0.3, -0.25) is 4.90 Å². The summed E-state index contributed by atoms with van der Waals surface area (Å²) >= 11 is 0. The monoisotopic (exact) mass is 255 g/mol. The van der Waals surface area contributed by atoms with E-state index in [1.807, 2.05) is 0 Å². The lowest BCUT2D eigenvalue weighted by Crippen LogP contribution is -2.52. The molecule has 3 atom stereocenters. The van der Waals surface area contributed by atoms with Gasteiger partial charge in [-0.15, -0.1) is 0 Å². The molecule has 2 saturated heterocycles. The van der Waals surface area contributed by atoms with E-state index in [0.717, 1.165) is 38.7 Å². The summed E-state index contributed by atoms with van der Waals surface area (Å²) in [5.74, 6) is 0.745. The van der Waals surface area contributed by atoms with Crippen molar-refractivity contribution in [2.45, 2.75) is 32.4 Å². The van der Waals surface area contributed by atoms with Gasteiger partial charge in [0.05, 0.1) is 12.7 Å². The highest BCUT2D eigenvalue weighted by Crippen LogP contribution is 2.17. The van der Waals surface area contributed by atoms with E-state index in [4.69, 9.17) is 4.74 Å². The first kappa shape index (κ1) is 14.3. The number of hydrogen-bond donors (Lipinski definition) is 1. The Labute approximate surface area is 112 Å². The third kappa shape index (κ3) is 3.67. The van der Waals surface area contributed by atoms with Crippen LogP contribution in [0.5, 0.6) is 0 Å². The molecule has 2 fully saturated rings. The predicted molar refractivity (Wildman–Crippen MR) is 74.9 cm³/mol. The van der Waals surface area contributed by atoms with Crippen molar-refractivity contribution < 1.29 is 4.74 Å². The zero-order chi connectivity index (χ0) is 13.0. The number of hydrogen-bond acceptors (Lipinski definition) is 4. The van der Waals surface area contributed by atoms with Crippen LogP contribution in [0.3, 0.4) is 0 Å². The molecule has 0 aliphatic carbocycles. The third-order valence-corrected chi connectivity index (χ3v) is 4.49. The number of ether oxygens (including phenoxy) is 1. The van der Waals surface area contributed by atoms with Crippen molar-refractivity contribution in [3.8, 4) is 0 Å². The minimum absolute atomic E-state index is 0.414. The zero-order valence-corrected chi connectivity index (χ0v) is 12.2. The number of likely N-dealkylation sites (N-methyl/N-ethyl adjacent to an activating group) is 1. The Morgan fingerprint density at radius 1 is 1.22 bits per heavy atom. The van der Waals surface area contributed by atoms with Crippen LogP contribution in [0, 0.1) is 5.92 Å². The molecule has 2 rings (SSSR count). The molecule has 0 aromatic rings. The summed E-state index contributed by atoms with van der Waals surface area (Å²) in [6, 6.07) is 0.695. The summed E-state index contributed by atoms with van der Waals surface area (Å²) < 4.78 is 5.90. The molecule has 0 bridgehead atoms. The Bertz CT molecular complexity index is 249. The lowest BCUT2D eigenvalue weighted by molar-refractivity contribution is -0.0471. The second kappa shape index (κ2) is 6.85. The molecule has 2 aliphatic heterocycles. The van der Waals surface area contributed by atoms with Crippen molar-refractivity contribution in [1.82, 2.24) is 15.1 Å². The van der Waals surface area contributed by atoms with Crippen molar-refractivity contribution >= 4 is 0 Å². The molecule has 0 saturated carbocycles. The highest BCUT2D eigenvalue weighted by molar-refractivity contribution is 4.84. The summed E-state index contributed by atoms with van der Waals surface area (Å²) in [5.41, 5.74) is 0. The van der Waals surface area contributed by atoms with Crippen LogP contribution in [-0.2, 0) is 4.74 Å². The highest BCUT2D eigenvalue weighted by Gasteiger charge is 2.28. The van der Waals surface area contributed by atoms with Crippen LogP contribution in [0.4, 0.5) is 0 Å². The first-order valence-electron chi connectivity index (χ1n) is 7.46. The van der Waals surface area contributed by atoms with E-state index in [2.05, 4.69) is 36.0 Å². The van der Waals surface area contributed by atoms with Crippen molar-refractivity contribution in [2.75, 3.05) is 52.9 Å². The zero-order valence-electron chi connectivity index (χ0n) is 12.2. The first-order valence-corrected chi connectivity index (χ1v) is 7.46. The maximum Gasteiger partial charge on any atom is 0.0829 e. The minimum atomic E-state index is 0.414. The Kier molecular flexibility index (Phi) is 5.42. The number of rotatable bonds is 4. The van der Waals surface area contributed by atoms with Gasteiger partial charge in [0.2, 0.25) is 0 Å². The van der Waals surface area contributed by atoms with Crippen molar-refractivity contribution in [2.24, 2.45) is 5.92 Å². The smallest absolute Gasteiger partial charge is 0.0829 e. The van der Waals surface area contributed by atoms with Crippen LogP contribution in [-0.4, -0.2) is 74.9 Å². The van der Waals surface area contributed by atoms with Gasteiger partial charge in [-0.1, -0.05) is 13.8 Å². The molecule has 0 amide bonds. The fourth-order valence-electron chi connectivity index (χ4n) is 3.29. The fraction of sp³-hybridized carbons (Fsp3) is 1.00. The van der Waals surface area contributed by atoms with E-state index in [9.17, 15) is 0 Å². The van der Waals surface area contributed by atoms with E-state index in [0.29, 0.717) is 12.1 Å². The number of nitrogens with one attached hydrogen (secondary N) is 1. The first-order chi connectivity index (χ1) is 8.72. The van der Waals surface area contributed by atoms with Gasteiger partial charge < -0.3 is 15.0 Å². The Morgan fingerprint density at radius 3 is 2.72 bits per heavy atom. The van der Waals surface area contributed by atoms with Crippen LogP contribution in [0.25, 0.3) is 0 Å². The van der Waals surface area contributed by atoms with E-state index in [1.165, 1.54) is 19.5 Å². The Hall–Kier alpha value is -0.160. The lowest BCUT2D eigenvalue weighted by atomic mass is 9.94. The van der Waals surface area contributed by atoms with Crippen LogP contribution in [0.2, 0.25) is 0 Å². The number of likely N-dealkylation sites (tertiary alicyclic amines) is 1. The third-order valence-electron chi connectivity index (χ3n) is 4.49. The SMILES string of the molecule is CCN1CCOC(CN2CCC(NC)C(C)C2)C1. The van der Waals surface area contributed by atoms with Gasteiger partial charge in [0.25, 0.3) is 0 Å². The molecule has 0 aromatic carbocycles. The van der Waals surface area contributed by atoms with E-state index in [1.54, 1.807) is 0 Å². The second-order valence-electron chi connectivity index (χ2n) is 5.81. The van der Waals surface area contributed by atoms with Gasteiger partial charge in [0, 0.05) is 32.2 Å². The quantitative estimate of drug-likeness (QED) is 0.798. The average Bonchev–Trinajstić information content (AvgIpc) is 2.39. The number of morpholine rings is 1. The maximum atomic E-state index is 5.90. The standard InChI is InChI=1S/C14H29N3O/c1-4-16-7-8-18-13(10-16)11-17-6-5-14(15-3)12(2)9-17/h12-15H,4-11H2,1-3H3. The normalized spacial score (nSPS) is 35.8. The molecular weight excluding hydrogens is 226 g/mol. The number of nitrogens with zero attached hydrogens (tertiary/aromatic N) is 2. The molecule has 2 aliphatic rings. The summed E-state index contributed by atoms with van der Waals surface area (Å²) in [5, 5.41) is 3.43. The van der Waals surface area contributed by atoms with Gasteiger partial charge in [-0.2, -0.15) is 0 Å². The van der Waals surface area contributed by atoms with Gasteiger partial charge in [-0.05, 0) is 32.5 Å². The van der Waals surface area contributed by atoms with E-state index < -0.39 is 0 Å². The van der Waals surface area contributed by atoms with Crippen LogP contribution >= 0.6 is 0 Å². The molecule has 0 radical (unpaired) electrons. The highest BCUT2D eigenvalue weighted by atomic mass is 16.5. The molecule has 106 valence electrons. The molecule has 0 spiro atoms. The average molecular weight is 255 g/mol. The van der Waals surface area contributed by atoms with Crippen LogP contribution < -0.4 is 5.32 Å². The van der Waals surface area contributed by atoms with Crippen molar-refractivity contribution in [3.63, 3.8) is 0 Å². The van der Waals surface area contributed by atoms with Crippen molar-refractivity contribution in [1.29, 1.82) is 0 Å². The number of piperidine rings is 1. The molecule has 2 heterocycles. The molecule has 0 aromatic heterocycles. The molecule has 18 heavy (non-hydrogen) atoms. The van der Waals surface area contributed by atoms with Crippen LogP contribution in [0.15, 0.2) is 0 Å². The largest absolute Gasteiger partial charge is 0.374 e. The molecule has 4 nitrogen and oxygen atoms in total. The molecule has 4 heteroatoms. The van der Waals surface area contributed by atoms with Gasteiger partial charge in [-0.25, -0.2) is 0 Å². The topological polar surface area (TPSA) is 27.7 Å². The summed E-state index contributed by atoms with van der Waals surface area (Å²) in [4.78, 5) is 5.08. The summed E-state index contributed by atoms with van der Waals surface area (Å²) in [6.45, 7) is 12.4. The Balaban J connectivity index is 1.76. The predicted octanol–water partition coefficient (Wildman–Crippen LogP) is 0.637. The van der Waals surface area contributed by atoms with Crippen LogP contribution in [0.1, 0.15) is 20.3 Å². The van der Waals surface area contributed by atoms with Crippen molar-refractivity contribution in [3.05, 3.63) is 0 Å². The molecule has 3 unspecified atom stereocenters. The molecular formula is C14H29N3O.